The van der Waals surface area contributed by atoms with Crippen molar-refractivity contribution in [3.05, 3.63) is 23.3 Å². The third kappa shape index (κ3) is 6.67. The summed E-state index contributed by atoms with van der Waals surface area (Å²) in [7, 11) is 1.40. The summed E-state index contributed by atoms with van der Waals surface area (Å²) in [6.07, 6.45) is 9.33. The van der Waals surface area contributed by atoms with Crippen molar-refractivity contribution in [1.82, 2.24) is 5.32 Å². The number of hydrogen-bond acceptors (Lipinski definition) is 5. The minimum Gasteiger partial charge on any atom is -0.453 e. The highest BCUT2D eigenvalue weighted by atomic mass is 16.5. The molecule has 2 rings (SSSR count). The Hall–Kier alpha value is -2.42. The summed E-state index contributed by atoms with van der Waals surface area (Å²) in [5.41, 5.74) is -0.212. The lowest BCUT2D eigenvalue weighted by molar-refractivity contribution is -0.123. The van der Waals surface area contributed by atoms with Gasteiger partial charge in [-0.3, -0.25) is 9.59 Å². The number of allylic oxidation sites excluding steroid dienone is 4. The first-order valence-electron chi connectivity index (χ1n) is 14.6. The van der Waals surface area contributed by atoms with Crippen LogP contribution >= 0.6 is 0 Å². The standard InChI is InChI=1S/C33H52N2O4/c1-12-29(4,5)15-17-31(8,35-28(38)39-11)18-16-30(6,7)33(10)14-13-25-23(3)27(37)24(21-34)20-32(25,9)26(33)19-22(2)36/h19-20,23,25H,12-18H2,1-11H3,(H,35,38)/b26-19-/t23-,25-,31-,32-,33+/m0/s1. The summed E-state index contributed by atoms with van der Waals surface area (Å²) in [6.45, 7) is 21.2. The Morgan fingerprint density at radius 1 is 1.15 bits per heavy atom. The molecule has 5 atom stereocenters. The van der Waals surface area contributed by atoms with Gasteiger partial charge in [-0.15, -0.1) is 0 Å². The summed E-state index contributed by atoms with van der Waals surface area (Å²) in [5, 5.41) is 12.9. The first kappa shape index (κ1) is 32.8. The Bertz CT molecular complexity index is 1080. The van der Waals surface area contributed by atoms with Crippen LogP contribution in [0.15, 0.2) is 23.3 Å². The van der Waals surface area contributed by atoms with Gasteiger partial charge in [-0.05, 0) is 80.6 Å². The van der Waals surface area contributed by atoms with Gasteiger partial charge in [-0.1, -0.05) is 73.5 Å². The van der Waals surface area contributed by atoms with Crippen LogP contribution in [-0.4, -0.2) is 30.3 Å². The van der Waals surface area contributed by atoms with E-state index in [2.05, 4.69) is 66.8 Å². The molecule has 0 radical (unpaired) electrons. The number of ether oxygens (including phenoxy) is 1. The molecule has 0 aromatic heterocycles. The minimum absolute atomic E-state index is 0.0237. The summed E-state index contributed by atoms with van der Waals surface area (Å²) in [6, 6.07) is 2.13. The molecule has 6 nitrogen and oxygen atoms in total. The summed E-state index contributed by atoms with van der Waals surface area (Å²) in [4.78, 5) is 37.9. The third-order valence-electron chi connectivity index (χ3n) is 10.8. The van der Waals surface area contributed by atoms with Gasteiger partial charge in [-0.2, -0.15) is 5.26 Å². The quantitative estimate of drug-likeness (QED) is 0.286. The number of nitrogens with one attached hydrogen (secondary N) is 1. The number of nitrogens with zero attached hydrogens (tertiary/aromatic N) is 1. The van der Waals surface area contributed by atoms with Crippen LogP contribution in [-0.2, 0) is 14.3 Å². The van der Waals surface area contributed by atoms with E-state index in [9.17, 15) is 19.6 Å². The fraction of sp³-hybridized carbons (Fsp3) is 0.758. The van der Waals surface area contributed by atoms with Gasteiger partial charge in [-0.25, -0.2) is 4.79 Å². The number of fused-ring (bicyclic) bond motifs is 1. The van der Waals surface area contributed by atoms with E-state index in [0.717, 1.165) is 50.5 Å². The van der Waals surface area contributed by atoms with Crippen LogP contribution in [0.5, 0.6) is 0 Å². The first-order chi connectivity index (χ1) is 17.8. The molecule has 1 amide bonds. The maximum absolute atomic E-state index is 12.9. The van der Waals surface area contributed by atoms with Crippen LogP contribution in [0.4, 0.5) is 4.79 Å². The molecule has 218 valence electrons. The van der Waals surface area contributed by atoms with Gasteiger partial charge in [0, 0.05) is 16.9 Å². The molecule has 0 bridgehead atoms. The van der Waals surface area contributed by atoms with Crippen LogP contribution in [0.25, 0.3) is 0 Å². The van der Waals surface area contributed by atoms with E-state index in [1.165, 1.54) is 7.11 Å². The zero-order valence-corrected chi connectivity index (χ0v) is 26.3. The lowest BCUT2D eigenvalue weighted by Gasteiger charge is -2.59. The average molecular weight is 541 g/mol. The number of carbonyl (C=O) groups excluding carboxylic acids is 3. The molecule has 2 aliphatic rings. The van der Waals surface area contributed by atoms with Crippen molar-refractivity contribution in [3.63, 3.8) is 0 Å². The van der Waals surface area contributed by atoms with Gasteiger partial charge < -0.3 is 10.1 Å². The van der Waals surface area contributed by atoms with Crippen molar-refractivity contribution in [3.8, 4) is 6.07 Å². The second-order valence-corrected chi connectivity index (χ2v) is 14.3. The molecule has 1 saturated carbocycles. The van der Waals surface area contributed by atoms with Crippen LogP contribution in [0.1, 0.15) is 114 Å². The monoisotopic (exact) mass is 540 g/mol. The lowest BCUT2D eigenvalue weighted by Crippen LogP contribution is -2.53. The van der Waals surface area contributed by atoms with Crippen molar-refractivity contribution < 1.29 is 19.1 Å². The molecule has 0 aromatic rings. The molecular formula is C33H52N2O4. The number of amides is 1. The molecule has 1 N–H and O–H groups in total. The fourth-order valence-corrected chi connectivity index (χ4v) is 6.94. The van der Waals surface area contributed by atoms with E-state index in [1.807, 2.05) is 13.0 Å². The van der Waals surface area contributed by atoms with Crippen LogP contribution < -0.4 is 5.32 Å². The number of ketones is 2. The van der Waals surface area contributed by atoms with E-state index in [-0.39, 0.29) is 45.2 Å². The number of hydrogen-bond donors (Lipinski definition) is 1. The molecule has 1 fully saturated rings. The zero-order valence-electron chi connectivity index (χ0n) is 26.3. The summed E-state index contributed by atoms with van der Waals surface area (Å²) >= 11 is 0. The van der Waals surface area contributed by atoms with Crippen molar-refractivity contribution >= 4 is 17.7 Å². The first-order valence-corrected chi connectivity index (χ1v) is 14.6. The van der Waals surface area contributed by atoms with Gasteiger partial charge in [0.1, 0.15) is 6.07 Å². The van der Waals surface area contributed by atoms with Crippen LogP contribution in [0.2, 0.25) is 0 Å². The maximum atomic E-state index is 12.9. The average Bonchev–Trinajstić information content (AvgIpc) is 2.86. The van der Waals surface area contributed by atoms with Crippen molar-refractivity contribution in [2.45, 2.75) is 120 Å². The highest BCUT2D eigenvalue weighted by Crippen LogP contribution is 2.65. The Morgan fingerprint density at radius 2 is 1.74 bits per heavy atom. The van der Waals surface area contributed by atoms with E-state index in [1.54, 1.807) is 13.0 Å². The molecule has 0 spiro atoms. The number of alkyl carbamates (subject to hydrolysis) is 1. The molecule has 0 heterocycles. The predicted molar refractivity (Wildman–Crippen MR) is 156 cm³/mol. The van der Waals surface area contributed by atoms with Gasteiger partial charge in [0.05, 0.1) is 12.7 Å². The Balaban J connectivity index is 2.51. The van der Waals surface area contributed by atoms with Crippen LogP contribution in [0.3, 0.4) is 0 Å². The molecule has 39 heavy (non-hydrogen) atoms. The zero-order chi connectivity index (χ0) is 30.0. The Kier molecular flexibility index (Phi) is 9.75. The molecule has 2 aliphatic carbocycles. The van der Waals surface area contributed by atoms with Gasteiger partial charge >= 0.3 is 6.09 Å². The Morgan fingerprint density at radius 3 is 2.26 bits per heavy atom. The third-order valence-corrected chi connectivity index (χ3v) is 10.8. The fourth-order valence-electron chi connectivity index (χ4n) is 6.94. The van der Waals surface area contributed by atoms with Gasteiger partial charge in [0.2, 0.25) is 0 Å². The number of methoxy groups -OCH3 is 1. The van der Waals surface area contributed by atoms with Crippen molar-refractivity contribution in [2.24, 2.45) is 33.5 Å². The van der Waals surface area contributed by atoms with Crippen molar-refractivity contribution in [1.29, 1.82) is 5.26 Å². The second-order valence-electron chi connectivity index (χ2n) is 14.3. The van der Waals surface area contributed by atoms with E-state index in [4.69, 9.17) is 4.74 Å². The summed E-state index contributed by atoms with van der Waals surface area (Å²) in [5.74, 6) is -0.347. The van der Waals surface area contributed by atoms with Gasteiger partial charge in [0.15, 0.2) is 11.6 Å². The minimum atomic E-state index is -0.562. The largest absolute Gasteiger partial charge is 0.453 e. The topological polar surface area (TPSA) is 96.3 Å². The van der Waals surface area contributed by atoms with Crippen LogP contribution in [0, 0.1) is 44.8 Å². The lowest BCUT2D eigenvalue weighted by atomic mass is 9.44. The van der Waals surface area contributed by atoms with E-state index < -0.39 is 17.0 Å². The number of Topliss-reactive ketones (excluding diaryl/α,β-unsaturated/α-hetero) is 1. The smallest absolute Gasteiger partial charge is 0.407 e. The predicted octanol–water partition coefficient (Wildman–Crippen LogP) is 7.73. The molecular weight excluding hydrogens is 488 g/mol. The molecule has 6 heteroatoms. The number of rotatable bonds is 10. The highest BCUT2D eigenvalue weighted by Gasteiger charge is 2.58. The maximum Gasteiger partial charge on any atom is 0.407 e. The molecule has 0 aliphatic heterocycles. The highest BCUT2D eigenvalue weighted by molar-refractivity contribution is 6.02. The second kappa shape index (κ2) is 11.6. The SMILES string of the molecule is CCC(C)(C)CC[C@@](C)(CCC(C)(C)[C@]1(C)CC[C@H]2[C@H](C)C(=O)C(C#N)=C[C@]2(C)/C1=C/C(C)=O)NC(=O)OC. The van der Waals surface area contributed by atoms with E-state index >= 15 is 0 Å². The Labute approximate surface area is 237 Å². The number of nitriles is 1. The molecule has 0 saturated heterocycles. The molecule has 0 aromatic carbocycles. The van der Waals surface area contributed by atoms with E-state index in [0.29, 0.717) is 0 Å². The normalized spacial score (nSPS) is 30.1. The summed E-state index contributed by atoms with van der Waals surface area (Å²) < 4.78 is 4.99. The van der Waals surface area contributed by atoms with Gasteiger partial charge in [0.25, 0.3) is 0 Å². The molecule has 0 unspecified atom stereocenters. The number of carbonyl (C=O) groups is 3. The van der Waals surface area contributed by atoms with Crippen molar-refractivity contribution in [2.75, 3.05) is 7.11 Å².